The van der Waals surface area contributed by atoms with Crippen LogP contribution in [0.4, 0.5) is 0 Å². The highest BCUT2D eigenvalue weighted by atomic mass is 16.5. The molecule has 0 unspecified atom stereocenters. The molecule has 0 aliphatic carbocycles. The highest BCUT2D eigenvalue weighted by Crippen LogP contribution is 2.37. The third-order valence-corrected chi connectivity index (χ3v) is 5.03. The van der Waals surface area contributed by atoms with Crippen molar-refractivity contribution in [1.82, 2.24) is 10.0 Å². The number of hydroxylamine groups is 3. The van der Waals surface area contributed by atoms with Gasteiger partial charge in [-0.2, -0.15) is 0 Å². The quantitative estimate of drug-likeness (QED) is 0.632. The van der Waals surface area contributed by atoms with Crippen LogP contribution in [0.5, 0.6) is 0 Å². The molecule has 23 heavy (non-hydrogen) atoms. The van der Waals surface area contributed by atoms with Crippen LogP contribution >= 0.6 is 0 Å². The van der Waals surface area contributed by atoms with Crippen molar-refractivity contribution in [2.45, 2.75) is 38.8 Å². The highest BCUT2D eigenvalue weighted by molar-refractivity contribution is 5.97. The fraction of sp³-hybridized carbons (Fsp3) is 0.333. The van der Waals surface area contributed by atoms with Gasteiger partial charge in [-0.05, 0) is 63.1 Å². The largest absolute Gasteiger partial charge is 0.714 e. The maximum Gasteiger partial charge on any atom is 0.316 e. The van der Waals surface area contributed by atoms with Crippen molar-refractivity contribution in [3.63, 3.8) is 0 Å². The summed E-state index contributed by atoms with van der Waals surface area (Å²) < 4.78 is 0.839. The van der Waals surface area contributed by atoms with Crippen molar-refractivity contribution in [3.05, 3.63) is 59.6 Å². The molecule has 5 nitrogen and oxygen atoms in total. The third kappa shape index (κ3) is 2.19. The molecule has 2 aromatic rings. The predicted molar refractivity (Wildman–Crippen MR) is 88.1 cm³/mol. The molecule has 0 fully saturated rings. The van der Waals surface area contributed by atoms with E-state index in [1.165, 1.54) is 0 Å². The summed E-state index contributed by atoms with van der Waals surface area (Å²) in [5, 5.41) is 26.3. The molecule has 0 N–H and O–H groups in total. The monoisotopic (exact) mass is 310 g/mol. The Bertz CT molecular complexity index is 767. The predicted octanol–water partition coefficient (Wildman–Crippen LogP) is 3.22. The van der Waals surface area contributed by atoms with E-state index >= 15 is 0 Å². The average Bonchev–Trinajstić information content (AvgIpc) is 2.66. The second-order valence-corrected chi connectivity index (χ2v) is 6.85. The Balaban J connectivity index is 2.12. The molecule has 0 saturated heterocycles. The van der Waals surface area contributed by atoms with Gasteiger partial charge < -0.3 is 5.21 Å². The van der Waals surface area contributed by atoms with Crippen molar-refractivity contribution in [2.24, 2.45) is 0 Å². The molecule has 1 aromatic heterocycles. The van der Waals surface area contributed by atoms with Crippen molar-refractivity contribution in [3.8, 4) is 11.1 Å². The number of pyridine rings is 1. The second kappa shape index (κ2) is 5.06. The highest BCUT2D eigenvalue weighted by Gasteiger charge is 2.59. The number of benzene rings is 1. The van der Waals surface area contributed by atoms with Crippen molar-refractivity contribution in [1.29, 1.82) is 0 Å². The second-order valence-electron chi connectivity index (χ2n) is 6.85. The molecule has 0 saturated carbocycles. The molecule has 0 bridgehead atoms. The lowest BCUT2D eigenvalue weighted by Crippen LogP contribution is -2.53. The SMILES string of the molecule is CC1(C)N([O])C(c2cccc(-c3ccncc3)c2)=[N+]([O-])C1(C)C. The van der Waals surface area contributed by atoms with E-state index in [4.69, 9.17) is 0 Å². The van der Waals surface area contributed by atoms with E-state index in [2.05, 4.69) is 4.98 Å². The summed E-state index contributed by atoms with van der Waals surface area (Å²) in [6.45, 7) is 7.18. The summed E-state index contributed by atoms with van der Waals surface area (Å²) in [7, 11) is 0. The van der Waals surface area contributed by atoms with Crippen LogP contribution in [-0.4, -0.2) is 31.7 Å². The maximum absolute atomic E-state index is 12.7. The Labute approximate surface area is 136 Å². The molecule has 0 amide bonds. The van der Waals surface area contributed by atoms with Crippen LogP contribution in [-0.2, 0) is 5.21 Å². The minimum Gasteiger partial charge on any atom is -0.714 e. The van der Waals surface area contributed by atoms with E-state index in [9.17, 15) is 10.4 Å². The molecule has 1 aliphatic heterocycles. The molecule has 2 heterocycles. The molecule has 0 spiro atoms. The normalized spacial score (nSPS) is 19.3. The van der Waals surface area contributed by atoms with E-state index in [0.717, 1.165) is 20.9 Å². The lowest BCUT2D eigenvalue weighted by Gasteiger charge is -2.32. The molecule has 1 radical (unpaired) electrons. The zero-order valence-electron chi connectivity index (χ0n) is 13.8. The van der Waals surface area contributed by atoms with Gasteiger partial charge in [0.1, 0.15) is 5.54 Å². The Morgan fingerprint density at radius 2 is 1.61 bits per heavy atom. The zero-order valence-corrected chi connectivity index (χ0v) is 13.8. The summed E-state index contributed by atoms with van der Waals surface area (Å²) in [5.74, 6) is 0.163. The first-order valence-electron chi connectivity index (χ1n) is 7.59. The van der Waals surface area contributed by atoms with E-state index in [0.29, 0.717) is 5.56 Å². The van der Waals surface area contributed by atoms with Gasteiger partial charge in [0.05, 0.1) is 5.56 Å². The molecule has 119 valence electrons. The number of rotatable bonds is 2. The molecule has 3 rings (SSSR count). The van der Waals surface area contributed by atoms with Gasteiger partial charge in [-0.3, -0.25) is 9.72 Å². The van der Waals surface area contributed by atoms with Crippen LogP contribution in [0.2, 0.25) is 0 Å². The number of hydrogen-bond donors (Lipinski definition) is 0. The van der Waals surface area contributed by atoms with E-state index in [-0.39, 0.29) is 5.84 Å². The van der Waals surface area contributed by atoms with Crippen LogP contribution in [0.25, 0.3) is 11.1 Å². The lowest BCUT2D eigenvalue weighted by molar-refractivity contribution is -0.539. The molecule has 5 heteroatoms. The minimum atomic E-state index is -0.809. The van der Waals surface area contributed by atoms with E-state index < -0.39 is 11.1 Å². The smallest absolute Gasteiger partial charge is 0.316 e. The van der Waals surface area contributed by atoms with Gasteiger partial charge >= 0.3 is 5.84 Å². The molecular formula is C18H20N3O2. The summed E-state index contributed by atoms with van der Waals surface area (Å²) in [5.41, 5.74) is 0.951. The van der Waals surface area contributed by atoms with E-state index in [1.807, 2.05) is 30.3 Å². The first-order chi connectivity index (χ1) is 10.8. The fourth-order valence-electron chi connectivity index (χ4n) is 2.73. The Kier molecular flexibility index (Phi) is 3.41. The average molecular weight is 310 g/mol. The van der Waals surface area contributed by atoms with Gasteiger partial charge in [0, 0.05) is 17.6 Å². The standard InChI is InChI=1S/C18H20N3O2/c1-17(2)18(3,4)21(23)16(20(17)22)15-7-5-6-14(12-15)13-8-10-19-11-9-13/h5-12H,1-4H3. The first kappa shape index (κ1) is 15.5. The van der Waals surface area contributed by atoms with Crippen LogP contribution < -0.4 is 0 Å². The van der Waals surface area contributed by atoms with Crippen LogP contribution in [0.1, 0.15) is 33.3 Å². The summed E-state index contributed by atoms with van der Waals surface area (Å²) in [6.07, 6.45) is 3.44. The van der Waals surface area contributed by atoms with Crippen molar-refractivity contribution >= 4 is 5.84 Å². The summed E-state index contributed by atoms with van der Waals surface area (Å²) in [6, 6.07) is 11.3. The lowest BCUT2D eigenvalue weighted by atomic mass is 9.84. The third-order valence-electron chi connectivity index (χ3n) is 5.03. The van der Waals surface area contributed by atoms with Gasteiger partial charge in [-0.25, -0.2) is 0 Å². The topological polar surface area (TPSA) is 62.1 Å². The Morgan fingerprint density at radius 1 is 1.00 bits per heavy atom. The van der Waals surface area contributed by atoms with E-state index in [1.54, 1.807) is 46.2 Å². The maximum atomic E-state index is 12.7. The van der Waals surface area contributed by atoms with Gasteiger partial charge in [0.2, 0.25) is 0 Å². The number of aromatic nitrogens is 1. The number of amidine groups is 1. The Morgan fingerprint density at radius 3 is 2.17 bits per heavy atom. The fourth-order valence-corrected chi connectivity index (χ4v) is 2.73. The first-order valence-corrected chi connectivity index (χ1v) is 7.59. The van der Waals surface area contributed by atoms with Crippen LogP contribution in [0.3, 0.4) is 0 Å². The van der Waals surface area contributed by atoms with Crippen LogP contribution in [0.15, 0.2) is 48.8 Å². The minimum absolute atomic E-state index is 0.163. The summed E-state index contributed by atoms with van der Waals surface area (Å²) >= 11 is 0. The summed E-state index contributed by atoms with van der Waals surface area (Å²) in [4.78, 5) is 4.01. The van der Waals surface area contributed by atoms with Crippen LogP contribution in [0, 0.1) is 5.21 Å². The van der Waals surface area contributed by atoms with Gasteiger partial charge in [0.25, 0.3) is 0 Å². The molecule has 1 aliphatic rings. The van der Waals surface area contributed by atoms with Crippen molar-refractivity contribution < 1.29 is 9.95 Å². The molecular weight excluding hydrogens is 290 g/mol. The molecule has 0 atom stereocenters. The van der Waals surface area contributed by atoms with Crippen molar-refractivity contribution in [2.75, 3.05) is 0 Å². The van der Waals surface area contributed by atoms with Gasteiger partial charge in [0.15, 0.2) is 5.54 Å². The zero-order chi connectivity index (χ0) is 16.8. The Hall–Kier alpha value is -2.40. The molecule has 1 aromatic carbocycles. The van der Waals surface area contributed by atoms with Gasteiger partial charge in [-0.15, -0.1) is 0 Å². The van der Waals surface area contributed by atoms with Gasteiger partial charge in [-0.1, -0.05) is 17.2 Å². The number of hydrogen-bond acceptors (Lipinski definition) is 3. The number of nitrogens with zero attached hydrogens (tertiary/aromatic N) is 3.